The molecule has 2 rings (SSSR count). The Hall–Kier alpha value is -0.490. The molecule has 0 saturated heterocycles. The first-order valence-corrected chi connectivity index (χ1v) is 9.02. The van der Waals surface area contributed by atoms with Crippen LogP contribution in [0.25, 0.3) is 0 Å². The van der Waals surface area contributed by atoms with E-state index in [4.69, 9.17) is 17.3 Å². The Kier molecular flexibility index (Phi) is 6.17. The minimum atomic E-state index is 0.0756. The predicted molar refractivity (Wildman–Crippen MR) is 94.2 cm³/mol. The quantitative estimate of drug-likeness (QED) is 0.751. The minimum absolute atomic E-state index is 0.0756. The first kappa shape index (κ1) is 16.9. The maximum Gasteiger partial charge on any atom is 0.0738 e. The number of nitrogens with zero attached hydrogens (tertiary/aromatic N) is 2. The van der Waals surface area contributed by atoms with E-state index in [9.17, 15) is 0 Å². The molecule has 0 radical (unpaired) electrons. The second-order valence-corrected chi connectivity index (χ2v) is 7.22. The summed E-state index contributed by atoms with van der Waals surface area (Å²) >= 11 is 11.3. The summed E-state index contributed by atoms with van der Waals surface area (Å²) < 4.78 is 3.09. The van der Waals surface area contributed by atoms with Gasteiger partial charge in [-0.15, -0.1) is 11.8 Å². The molecule has 0 aliphatic heterocycles. The second kappa shape index (κ2) is 7.68. The smallest absolute Gasteiger partial charge is 0.0738 e. The highest BCUT2D eigenvalue weighted by Crippen LogP contribution is 2.25. The van der Waals surface area contributed by atoms with Crippen LogP contribution in [0.15, 0.2) is 33.6 Å². The number of halogens is 2. The Bertz CT molecular complexity index is 615. The van der Waals surface area contributed by atoms with Gasteiger partial charge >= 0.3 is 0 Å². The van der Waals surface area contributed by atoms with E-state index >= 15 is 0 Å². The lowest BCUT2D eigenvalue weighted by atomic mass is 10.2. The van der Waals surface area contributed by atoms with E-state index in [0.29, 0.717) is 0 Å². The van der Waals surface area contributed by atoms with Gasteiger partial charge in [0.25, 0.3) is 0 Å². The SMILES string of the molecule is CCn1nc(C)c(Br)c1CC(N)CSc1cccc(Cl)c1. The maximum atomic E-state index is 6.28. The fourth-order valence-electron chi connectivity index (χ4n) is 2.13. The van der Waals surface area contributed by atoms with Crippen molar-refractivity contribution < 1.29 is 0 Å². The Morgan fingerprint density at radius 2 is 2.24 bits per heavy atom. The van der Waals surface area contributed by atoms with E-state index in [1.807, 2.05) is 29.8 Å². The lowest BCUT2D eigenvalue weighted by Crippen LogP contribution is -2.27. The molecular weight excluding hydrogens is 370 g/mol. The van der Waals surface area contributed by atoms with Crippen LogP contribution in [0.2, 0.25) is 5.02 Å². The molecule has 0 saturated carbocycles. The van der Waals surface area contributed by atoms with E-state index in [2.05, 4.69) is 34.0 Å². The van der Waals surface area contributed by atoms with Gasteiger partial charge in [-0.3, -0.25) is 4.68 Å². The van der Waals surface area contributed by atoms with Crippen molar-refractivity contribution in [3.8, 4) is 0 Å². The molecule has 114 valence electrons. The molecule has 21 heavy (non-hydrogen) atoms. The molecule has 0 aliphatic rings. The van der Waals surface area contributed by atoms with Crippen LogP contribution in [0, 0.1) is 6.92 Å². The van der Waals surface area contributed by atoms with Gasteiger partial charge < -0.3 is 5.73 Å². The summed E-state index contributed by atoms with van der Waals surface area (Å²) in [6.07, 6.45) is 0.808. The molecule has 3 nitrogen and oxygen atoms in total. The van der Waals surface area contributed by atoms with Gasteiger partial charge in [-0.2, -0.15) is 5.10 Å². The summed E-state index contributed by atoms with van der Waals surface area (Å²) in [5.74, 6) is 0.848. The number of thioether (sulfide) groups is 1. The summed E-state index contributed by atoms with van der Waals surface area (Å²) in [5, 5.41) is 5.26. The van der Waals surface area contributed by atoms with Gasteiger partial charge in [0.05, 0.1) is 15.9 Å². The molecule has 2 aromatic rings. The number of rotatable bonds is 6. The number of nitrogens with two attached hydrogens (primary N) is 1. The molecular formula is C15H19BrClN3S. The topological polar surface area (TPSA) is 43.8 Å². The molecule has 1 aromatic carbocycles. The second-order valence-electron chi connectivity index (χ2n) is 4.89. The highest BCUT2D eigenvalue weighted by atomic mass is 79.9. The zero-order chi connectivity index (χ0) is 15.4. The highest BCUT2D eigenvalue weighted by Gasteiger charge is 2.15. The molecule has 0 bridgehead atoms. The van der Waals surface area contributed by atoms with Crippen LogP contribution >= 0.6 is 39.3 Å². The molecule has 0 aliphatic carbocycles. The van der Waals surface area contributed by atoms with Gasteiger partial charge in [0, 0.05) is 34.7 Å². The standard InChI is InChI=1S/C15H19BrClN3S/c1-3-20-14(15(16)10(2)19-20)8-12(18)9-21-13-6-4-5-11(17)7-13/h4-7,12H,3,8-9,18H2,1-2H3. The van der Waals surface area contributed by atoms with Crippen LogP contribution in [0.1, 0.15) is 18.3 Å². The van der Waals surface area contributed by atoms with Crippen LogP contribution in [0.5, 0.6) is 0 Å². The average Bonchev–Trinajstić information content (AvgIpc) is 2.73. The Morgan fingerprint density at radius 3 is 2.90 bits per heavy atom. The zero-order valence-corrected chi connectivity index (χ0v) is 15.3. The van der Waals surface area contributed by atoms with Crippen molar-refractivity contribution in [2.45, 2.75) is 37.8 Å². The molecule has 0 amide bonds. The van der Waals surface area contributed by atoms with Crippen molar-refractivity contribution >= 4 is 39.3 Å². The number of aryl methyl sites for hydroxylation is 2. The van der Waals surface area contributed by atoms with Crippen molar-refractivity contribution in [3.63, 3.8) is 0 Å². The van der Waals surface area contributed by atoms with Crippen molar-refractivity contribution in [1.82, 2.24) is 9.78 Å². The van der Waals surface area contributed by atoms with Crippen molar-refractivity contribution in [3.05, 3.63) is 45.1 Å². The Balaban J connectivity index is 1.97. The van der Waals surface area contributed by atoms with Gasteiger partial charge in [-0.1, -0.05) is 17.7 Å². The number of benzene rings is 1. The molecule has 1 unspecified atom stereocenters. The van der Waals surface area contributed by atoms with E-state index < -0.39 is 0 Å². The summed E-state index contributed by atoms with van der Waals surface area (Å²) in [6.45, 7) is 4.95. The van der Waals surface area contributed by atoms with Crippen molar-refractivity contribution in [2.24, 2.45) is 5.73 Å². The number of hydrogen-bond donors (Lipinski definition) is 1. The van der Waals surface area contributed by atoms with Gasteiger partial charge in [0.2, 0.25) is 0 Å². The Morgan fingerprint density at radius 1 is 1.48 bits per heavy atom. The van der Waals surface area contributed by atoms with Gasteiger partial charge in [-0.25, -0.2) is 0 Å². The van der Waals surface area contributed by atoms with E-state index in [1.165, 1.54) is 5.69 Å². The van der Waals surface area contributed by atoms with E-state index in [0.717, 1.165) is 38.8 Å². The predicted octanol–water partition coefficient (Wildman–Crippen LogP) is 4.29. The fraction of sp³-hybridized carbons (Fsp3) is 0.400. The van der Waals surface area contributed by atoms with Crippen LogP contribution in [-0.2, 0) is 13.0 Å². The third-order valence-corrected chi connectivity index (χ3v) is 5.62. The summed E-state index contributed by atoms with van der Waals surface area (Å²) in [7, 11) is 0. The molecule has 2 N–H and O–H groups in total. The normalized spacial score (nSPS) is 12.6. The third-order valence-electron chi connectivity index (χ3n) is 3.17. The molecule has 1 heterocycles. The molecule has 0 fully saturated rings. The number of aromatic nitrogens is 2. The first-order chi connectivity index (χ1) is 10.0. The number of hydrogen-bond acceptors (Lipinski definition) is 3. The van der Waals surface area contributed by atoms with Crippen LogP contribution in [0.4, 0.5) is 0 Å². The highest BCUT2D eigenvalue weighted by molar-refractivity contribution is 9.10. The minimum Gasteiger partial charge on any atom is -0.327 e. The Labute approximate surface area is 143 Å². The summed E-state index contributed by atoms with van der Waals surface area (Å²) in [4.78, 5) is 1.15. The fourth-order valence-corrected chi connectivity index (χ4v) is 3.74. The van der Waals surface area contributed by atoms with Gasteiger partial charge in [-0.05, 0) is 48.0 Å². The third kappa shape index (κ3) is 4.49. The van der Waals surface area contributed by atoms with E-state index in [-0.39, 0.29) is 6.04 Å². The van der Waals surface area contributed by atoms with Crippen molar-refractivity contribution in [1.29, 1.82) is 0 Å². The molecule has 6 heteroatoms. The average molecular weight is 389 g/mol. The van der Waals surface area contributed by atoms with Crippen LogP contribution in [-0.4, -0.2) is 21.6 Å². The molecule has 1 atom stereocenters. The van der Waals surface area contributed by atoms with Gasteiger partial charge in [0.1, 0.15) is 0 Å². The summed E-state index contributed by atoms with van der Waals surface area (Å²) in [5.41, 5.74) is 8.47. The maximum absolute atomic E-state index is 6.28. The van der Waals surface area contributed by atoms with Gasteiger partial charge in [0.15, 0.2) is 0 Å². The lowest BCUT2D eigenvalue weighted by Gasteiger charge is -2.13. The zero-order valence-electron chi connectivity index (χ0n) is 12.1. The lowest BCUT2D eigenvalue weighted by molar-refractivity contribution is 0.593. The van der Waals surface area contributed by atoms with Crippen LogP contribution < -0.4 is 5.73 Å². The largest absolute Gasteiger partial charge is 0.327 e. The molecule has 1 aromatic heterocycles. The van der Waals surface area contributed by atoms with Crippen molar-refractivity contribution in [2.75, 3.05) is 5.75 Å². The van der Waals surface area contributed by atoms with Crippen LogP contribution in [0.3, 0.4) is 0 Å². The molecule has 0 spiro atoms. The monoisotopic (exact) mass is 387 g/mol. The summed E-state index contributed by atoms with van der Waals surface area (Å²) in [6, 6.07) is 7.94. The first-order valence-electron chi connectivity index (χ1n) is 6.87. The van der Waals surface area contributed by atoms with E-state index in [1.54, 1.807) is 11.8 Å².